The molecular formula is C52H86O23. The molecule has 0 radical (unpaired) electrons. The van der Waals surface area contributed by atoms with E-state index in [2.05, 4.69) is 33.8 Å². The summed E-state index contributed by atoms with van der Waals surface area (Å²) < 4.78 is 60.2. The van der Waals surface area contributed by atoms with Gasteiger partial charge in [-0.3, -0.25) is 0 Å². The number of allylic oxidation sites excluding steroid dienone is 1. The first-order valence-corrected chi connectivity index (χ1v) is 27.3. The Morgan fingerprint density at radius 1 is 0.640 bits per heavy atom. The second kappa shape index (κ2) is 23.0. The monoisotopic (exact) mass is 1080 g/mol. The highest BCUT2D eigenvalue weighted by Gasteiger charge is 2.68. The molecule has 23 nitrogen and oxygen atoms in total. The molecule has 31 atom stereocenters. The summed E-state index contributed by atoms with van der Waals surface area (Å²) in [5.41, 5.74) is 1.22. The summed E-state index contributed by atoms with van der Waals surface area (Å²) in [5.74, 6) is 1.05. The van der Waals surface area contributed by atoms with Crippen LogP contribution in [0.3, 0.4) is 0 Å². The van der Waals surface area contributed by atoms with Crippen molar-refractivity contribution >= 4 is 0 Å². The SMILES string of the molecule is CO[C@]1(CC[C@@H](C)CO[C@@H]2O[C@@H](C)[C@H](O)[C@@H](O)[C@H]2O)O[C@H]2C[C@@H]3[C@@H]4CC=C5C[C@H](O[C@@H]6O[C@H](CO)[C@@H](O)[C@H](O[C@@H]7O[C@H](CO)[C@@H](O)[C@H](O[C@@H]8O[C@H](CO)[C@@H](O)[C@H](O)[C@H]8O)[C@H]7O)[C@H]6O)CC[C@]5(C)[C@H]4CC[C@]3(C)[C@H]2[C@@H]1C. The Morgan fingerprint density at radius 2 is 1.20 bits per heavy atom. The van der Waals surface area contributed by atoms with Crippen LogP contribution < -0.4 is 0 Å². The van der Waals surface area contributed by atoms with Gasteiger partial charge in [-0.05, 0) is 98.7 Å². The van der Waals surface area contributed by atoms with E-state index >= 15 is 0 Å². The van der Waals surface area contributed by atoms with Gasteiger partial charge in [0, 0.05) is 19.4 Å². The summed E-state index contributed by atoms with van der Waals surface area (Å²) >= 11 is 0. The van der Waals surface area contributed by atoms with E-state index in [-0.39, 0.29) is 35.4 Å². The Hall–Kier alpha value is -1.18. The molecule has 8 fully saturated rings. The lowest BCUT2D eigenvalue weighted by atomic mass is 9.47. The van der Waals surface area contributed by atoms with Gasteiger partial charge in [-0.1, -0.05) is 39.3 Å². The number of hydrogen-bond donors (Lipinski definition) is 13. The van der Waals surface area contributed by atoms with E-state index in [0.29, 0.717) is 42.9 Å². The van der Waals surface area contributed by atoms with E-state index in [1.54, 1.807) is 14.0 Å². The number of methoxy groups -OCH3 is 1. The Labute approximate surface area is 437 Å². The van der Waals surface area contributed by atoms with Gasteiger partial charge >= 0.3 is 0 Å². The lowest BCUT2D eigenvalue weighted by molar-refractivity contribution is -0.382. The van der Waals surface area contributed by atoms with Crippen LogP contribution in [0, 0.1) is 46.3 Å². The van der Waals surface area contributed by atoms with Crippen LogP contribution in [0.4, 0.5) is 0 Å². The maximum absolute atomic E-state index is 11.8. The third kappa shape index (κ3) is 10.5. The smallest absolute Gasteiger partial charge is 0.187 e. The zero-order valence-electron chi connectivity index (χ0n) is 43.8. The molecule has 9 rings (SSSR count). The zero-order valence-corrected chi connectivity index (χ0v) is 43.8. The van der Waals surface area contributed by atoms with Crippen LogP contribution in [0.1, 0.15) is 92.4 Å². The van der Waals surface area contributed by atoms with E-state index in [9.17, 15) is 66.4 Å². The van der Waals surface area contributed by atoms with E-state index in [4.69, 9.17) is 47.4 Å². The standard InChI is InChI=1S/C52H86O23/c1-21(20-67-46-40(62)38(60)34(56)23(3)68-46)9-14-52(66-6)22(2)33-29(75-52)16-28-26-8-7-24-15-25(10-12-50(24,4)27(26)11-13-51(28,33)5)69-48-42(64)44(36(58)31(18-54)71-48)74-49-43(65)45(37(59)32(19-55)72-49)73-47-41(63)39(61)35(57)30(17-53)70-47/h7,21-23,25-49,53-65H,8-20H2,1-6H3/t21-,22+,23+,25-,26-,27+,28-,29+,30-,31-,32-,33+,34+,35-,36-,37-,38-,39+,40-,41-,42-,43-,44+,45+,46-,47+,48-,49+,50+,51+,52-/m1/s1. The van der Waals surface area contributed by atoms with Crippen LogP contribution in [-0.4, -0.2) is 241 Å². The second-order valence-corrected chi connectivity index (χ2v) is 24.0. The Kier molecular flexibility index (Phi) is 17.9. The van der Waals surface area contributed by atoms with Crippen molar-refractivity contribution in [1.82, 2.24) is 0 Å². The number of ether oxygens (including phenoxy) is 10. The highest BCUT2D eigenvalue weighted by molar-refractivity contribution is 5.26. The summed E-state index contributed by atoms with van der Waals surface area (Å²) in [4.78, 5) is 0. The molecule has 0 aromatic rings. The van der Waals surface area contributed by atoms with Gasteiger partial charge in [-0.15, -0.1) is 0 Å². The van der Waals surface area contributed by atoms with E-state index in [1.165, 1.54) is 5.57 Å². The predicted octanol–water partition coefficient (Wildman–Crippen LogP) is -2.35. The summed E-state index contributed by atoms with van der Waals surface area (Å²) in [7, 11) is 1.73. The summed E-state index contributed by atoms with van der Waals surface area (Å²) in [5, 5.41) is 138. The summed E-state index contributed by atoms with van der Waals surface area (Å²) in [6.07, 6.45) is -21.3. The maximum atomic E-state index is 11.8. The quantitative estimate of drug-likeness (QED) is 0.0720. The van der Waals surface area contributed by atoms with Crippen LogP contribution in [0.2, 0.25) is 0 Å². The van der Waals surface area contributed by atoms with Crippen molar-refractivity contribution in [2.45, 2.75) is 233 Å². The molecule has 13 N–H and O–H groups in total. The van der Waals surface area contributed by atoms with E-state index in [0.717, 1.165) is 38.5 Å². The number of hydrogen-bond acceptors (Lipinski definition) is 23. The second-order valence-electron chi connectivity index (χ2n) is 24.0. The van der Waals surface area contributed by atoms with Crippen molar-refractivity contribution < 1.29 is 114 Å². The fourth-order valence-corrected chi connectivity index (χ4v) is 15.3. The molecule has 5 aliphatic heterocycles. The Bertz CT molecular complexity index is 1940. The van der Waals surface area contributed by atoms with E-state index < -0.39 is 155 Å². The molecule has 3 saturated carbocycles. The van der Waals surface area contributed by atoms with Gasteiger partial charge in [0.05, 0.1) is 44.7 Å². The van der Waals surface area contributed by atoms with Crippen LogP contribution in [0.15, 0.2) is 11.6 Å². The minimum Gasteiger partial charge on any atom is -0.394 e. The largest absolute Gasteiger partial charge is 0.394 e. The molecule has 432 valence electrons. The number of aliphatic hydroxyl groups excluding tert-OH is 13. The fraction of sp³-hybridized carbons (Fsp3) is 0.962. The van der Waals surface area contributed by atoms with Crippen molar-refractivity contribution in [2.75, 3.05) is 33.5 Å². The van der Waals surface area contributed by atoms with Crippen molar-refractivity contribution in [1.29, 1.82) is 0 Å². The van der Waals surface area contributed by atoms with Gasteiger partial charge in [0.25, 0.3) is 0 Å². The maximum Gasteiger partial charge on any atom is 0.187 e. The first-order chi connectivity index (χ1) is 35.6. The van der Waals surface area contributed by atoms with E-state index in [1.807, 2.05) is 0 Å². The Balaban J connectivity index is 0.817. The molecule has 0 amide bonds. The first kappa shape index (κ1) is 58.5. The molecule has 0 spiro atoms. The highest BCUT2D eigenvalue weighted by atomic mass is 16.8. The molecular weight excluding hydrogens is 993 g/mol. The average Bonchev–Trinajstić information content (AvgIpc) is 3.86. The van der Waals surface area contributed by atoms with Crippen molar-refractivity contribution in [2.24, 2.45) is 46.3 Å². The summed E-state index contributed by atoms with van der Waals surface area (Å²) in [6.45, 7) is 8.78. The van der Waals surface area contributed by atoms with Crippen LogP contribution >= 0.6 is 0 Å². The van der Waals surface area contributed by atoms with Gasteiger partial charge in [0.1, 0.15) is 91.6 Å². The molecule has 0 bridgehead atoms. The molecule has 0 unspecified atom stereocenters. The van der Waals surface area contributed by atoms with Crippen LogP contribution in [0.5, 0.6) is 0 Å². The van der Waals surface area contributed by atoms with Crippen LogP contribution in [-0.2, 0) is 47.4 Å². The highest BCUT2D eigenvalue weighted by Crippen LogP contribution is 2.70. The minimum atomic E-state index is -1.94. The topological polar surface area (TPSA) is 355 Å². The van der Waals surface area contributed by atoms with Gasteiger partial charge in [0.2, 0.25) is 0 Å². The van der Waals surface area contributed by atoms with Gasteiger partial charge in [-0.25, -0.2) is 0 Å². The minimum absolute atomic E-state index is 0.0372. The van der Waals surface area contributed by atoms with Crippen LogP contribution in [0.25, 0.3) is 0 Å². The normalized spacial score (nSPS) is 54.3. The third-order valence-corrected chi connectivity index (χ3v) is 19.8. The van der Waals surface area contributed by atoms with Gasteiger partial charge < -0.3 is 114 Å². The van der Waals surface area contributed by atoms with Crippen molar-refractivity contribution in [3.05, 3.63) is 11.6 Å². The number of aliphatic hydroxyl groups is 13. The summed E-state index contributed by atoms with van der Waals surface area (Å²) in [6, 6.07) is 0. The van der Waals surface area contributed by atoms with Crippen molar-refractivity contribution in [3.63, 3.8) is 0 Å². The van der Waals surface area contributed by atoms with Gasteiger partial charge in [-0.2, -0.15) is 0 Å². The average molecular weight is 1080 g/mol. The molecule has 5 saturated heterocycles. The zero-order chi connectivity index (χ0) is 54.2. The molecule has 23 heteroatoms. The van der Waals surface area contributed by atoms with Crippen molar-refractivity contribution in [3.8, 4) is 0 Å². The predicted molar refractivity (Wildman–Crippen MR) is 255 cm³/mol. The molecule has 75 heavy (non-hydrogen) atoms. The number of rotatable bonds is 16. The molecule has 0 aromatic carbocycles. The first-order valence-electron chi connectivity index (χ1n) is 27.3. The lowest BCUT2D eigenvalue weighted by Gasteiger charge is -2.58. The molecule has 9 aliphatic rings. The Morgan fingerprint density at radius 3 is 1.80 bits per heavy atom. The molecule has 0 aromatic heterocycles. The third-order valence-electron chi connectivity index (χ3n) is 19.8. The fourth-order valence-electron chi connectivity index (χ4n) is 15.3. The number of fused-ring (bicyclic) bond motifs is 7. The molecule has 4 aliphatic carbocycles. The van der Waals surface area contributed by atoms with Gasteiger partial charge in [0.15, 0.2) is 30.9 Å². The lowest BCUT2D eigenvalue weighted by Crippen LogP contribution is -2.67. The molecule has 5 heterocycles.